The van der Waals surface area contributed by atoms with Crippen molar-refractivity contribution >= 4 is 40.4 Å². The van der Waals surface area contributed by atoms with Crippen LogP contribution in [0.3, 0.4) is 0 Å². The smallest absolute Gasteiger partial charge is 0.265 e. The Kier molecular flexibility index (Phi) is 5.70. The summed E-state index contributed by atoms with van der Waals surface area (Å²) in [6.07, 6.45) is 0. The lowest BCUT2D eigenvalue weighted by molar-refractivity contribution is -0.119. The quantitative estimate of drug-likeness (QED) is 0.874. The van der Waals surface area contributed by atoms with E-state index >= 15 is 0 Å². The molecule has 0 saturated heterocycles. The van der Waals surface area contributed by atoms with Crippen LogP contribution in [0.1, 0.15) is 28.4 Å². The molecule has 0 unspecified atom stereocenters. The molecule has 2 aromatic rings. The minimum absolute atomic E-state index is 0.0583. The van der Waals surface area contributed by atoms with E-state index in [4.69, 9.17) is 0 Å². The van der Waals surface area contributed by atoms with Crippen LogP contribution >= 0.6 is 11.3 Å². The maximum absolute atomic E-state index is 12.2. The Hall–Kier alpha value is -2.67. The zero-order chi connectivity index (χ0) is 17.7. The van der Waals surface area contributed by atoms with Crippen molar-refractivity contribution < 1.29 is 14.4 Å². The van der Waals surface area contributed by atoms with Crippen LogP contribution in [-0.2, 0) is 16.1 Å². The number of hydrogen-bond acceptors (Lipinski definition) is 4. The van der Waals surface area contributed by atoms with E-state index in [-0.39, 0.29) is 17.7 Å². The largest absolute Gasteiger partial charge is 0.351 e. The third-order valence-corrected chi connectivity index (χ3v) is 4.47. The number of thiophene rings is 1. The zero-order valence-corrected chi connectivity index (χ0v) is 14.6. The Labute approximate surface area is 144 Å². The van der Waals surface area contributed by atoms with Gasteiger partial charge in [0.2, 0.25) is 11.8 Å². The van der Waals surface area contributed by atoms with Gasteiger partial charge in [0.25, 0.3) is 5.91 Å². The van der Waals surface area contributed by atoms with Gasteiger partial charge in [0, 0.05) is 37.1 Å². The summed E-state index contributed by atoms with van der Waals surface area (Å²) < 4.78 is 0. The monoisotopic (exact) mass is 345 g/mol. The molecule has 1 heterocycles. The minimum Gasteiger partial charge on any atom is -0.351 e. The first-order valence-electron chi connectivity index (χ1n) is 7.35. The molecule has 0 fully saturated rings. The fourth-order valence-electron chi connectivity index (χ4n) is 1.95. The van der Waals surface area contributed by atoms with E-state index in [9.17, 15) is 14.4 Å². The Bertz CT molecular complexity index is 753. The van der Waals surface area contributed by atoms with Crippen LogP contribution < -0.4 is 15.5 Å². The van der Waals surface area contributed by atoms with Crippen molar-refractivity contribution in [3.63, 3.8) is 0 Å². The number of carbonyl (C=O) groups excluding carboxylic acids is 3. The van der Waals surface area contributed by atoms with Crippen LogP contribution in [0.15, 0.2) is 36.4 Å². The second-order valence-corrected chi connectivity index (χ2v) is 6.42. The lowest BCUT2D eigenvalue weighted by atomic mass is 10.2. The summed E-state index contributed by atoms with van der Waals surface area (Å²) in [4.78, 5) is 37.5. The predicted octanol–water partition coefficient (Wildman–Crippen LogP) is 2.62. The molecule has 3 amide bonds. The van der Waals surface area contributed by atoms with Crippen LogP contribution in [0.2, 0.25) is 0 Å². The van der Waals surface area contributed by atoms with Gasteiger partial charge < -0.3 is 15.5 Å². The van der Waals surface area contributed by atoms with E-state index in [2.05, 4.69) is 10.6 Å². The number of rotatable bonds is 5. The minimum atomic E-state index is -0.207. The molecule has 0 radical (unpaired) electrons. The second kappa shape index (κ2) is 7.74. The first kappa shape index (κ1) is 17.7. The van der Waals surface area contributed by atoms with E-state index in [0.29, 0.717) is 17.1 Å². The molecule has 0 atom stereocenters. The number of anilines is 2. The van der Waals surface area contributed by atoms with E-state index in [0.717, 1.165) is 10.6 Å². The van der Waals surface area contributed by atoms with Gasteiger partial charge in [0.15, 0.2) is 0 Å². The van der Waals surface area contributed by atoms with Gasteiger partial charge in [-0.05, 0) is 36.4 Å². The maximum atomic E-state index is 12.2. The number of nitrogens with zero attached hydrogens (tertiary/aromatic N) is 1. The Morgan fingerprint density at radius 1 is 1.04 bits per heavy atom. The molecule has 2 N–H and O–H groups in total. The SMILES string of the molecule is CC(=O)NCc1ccc(C(=O)Nc2ccc(N(C)C(C)=O)cc2)s1. The molecular formula is C17H19N3O3S. The number of hydrogen-bond donors (Lipinski definition) is 2. The fourth-order valence-corrected chi connectivity index (χ4v) is 2.79. The molecule has 6 nitrogen and oxygen atoms in total. The molecule has 1 aromatic heterocycles. The number of benzene rings is 1. The molecule has 0 aliphatic heterocycles. The Morgan fingerprint density at radius 3 is 2.29 bits per heavy atom. The fraction of sp³-hybridized carbons (Fsp3) is 0.235. The van der Waals surface area contributed by atoms with Gasteiger partial charge in [-0.2, -0.15) is 0 Å². The molecule has 126 valence electrons. The highest BCUT2D eigenvalue weighted by Gasteiger charge is 2.11. The molecule has 2 rings (SSSR count). The molecule has 7 heteroatoms. The predicted molar refractivity (Wildman–Crippen MR) is 95.3 cm³/mol. The van der Waals surface area contributed by atoms with E-state index in [1.54, 1.807) is 37.4 Å². The van der Waals surface area contributed by atoms with Gasteiger partial charge >= 0.3 is 0 Å². The zero-order valence-electron chi connectivity index (χ0n) is 13.8. The van der Waals surface area contributed by atoms with E-state index in [1.807, 2.05) is 6.07 Å². The third kappa shape index (κ3) is 4.66. The molecule has 24 heavy (non-hydrogen) atoms. The average molecular weight is 345 g/mol. The van der Waals surface area contributed by atoms with E-state index < -0.39 is 0 Å². The Morgan fingerprint density at radius 2 is 1.71 bits per heavy atom. The van der Waals surface area contributed by atoms with Crippen molar-refractivity contribution in [3.05, 3.63) is 46.2 Å². The van der Waals surface area contributed by atoms with Crippen molar-refractivity contribution in [1.29, 1.82) is 0 Å². The first-order chi connectivity index (χ1) is 11.4. The summed E-state index contributed by atoms with van der Waals surface area (Å²) in [5, 5.41) is 5.51. The highest BCUT2D eigenvalue weighted by molar-refractivity contribution is 7.14. The number of nitrogens with one attached hydrogen (secondary N) is 2. The lowest BCUT2D eigenvalue weighted by Crippen LogP contribution is -2.22. The van der Waals surface area contributed by atoms with Crippen molar-refractivity contribution in [2.24, 2.45) is 0 Å². The standard InChI is InChI=1S/C17H19N3O3S/c1-11(21)18-10-15-8-9-16(24-15)17(23)19-13-4-6-14(7-5-13)20(3)12(2)22/h4-9H,10H2,1-3H3,(H,18,21)(H,19,23). The van der Waals surface area contributed by atoms with Crippen molar-refractivity contribution in [2.45, 2.75) is 20.4 Å². The first-order valence-corrected chi connectivity index (χ1v) is 8.17. The molecule has 1 aromatic carbocycles. The summed E-state index contributed by atoms with van der Waals surface area (Å²) in [7, 11) is 1.69. The molecule has 0 saturated carbocycles. The summed E-state index contributed by atoms with van der Waals surface area (Å²) in [5.74, 6) is -0.371. The van der Waals surface area contributed by atoms with Crippen LogP contribution in [0.5, 0.6) is 0 Å². The summed E-state index contributed by atoms with van der Waals surface area (Å²) in [5.41, 5.74) is 1.41. The van der Waals surface area contributed by atoms with Crippen LogP contribution in [-0.4, -0.2) is 24.8 Å². The van der Waals surface area contributed by atoms with Crippen molar-refractivity contribution in [1.82, 2.24) is 5.32 Å². The van der Waals surface area contributed by atoms with Gasteiger partial charge in [0.05, 0.1) is 11.4 Å². The highest BCUT2D eigenvalue weighted by Crippen LogP contribution is 2.20. The van der Waals surface area contributed by atoms with E-state index in [1.165, 1.54) is 30.1 Å². The van der Waals surface area contributed by atoms with Gasteiger partial charge in [-0.15, -0.1) is 11.3 Å². The second-order valence-electron chi connectivity index (χ2n) is 5.25. The number of carbonyl (C=O) groups is 3. The summed E-state index contributed by atoms with van der Waals surface area (Å²) in [6.45, 7) is 3.36. The van der Waals surface area contributed by atoms with Crippen LogP contribution in [0.4, 0.5) is 11.4 Å². The van der Waals surface area contributed by atoms with Gasteiger partial charge in [-0.1, -0.05) is 0 Å². The maximum Gasteiger partial charge on any atom is 0.265 e. The molecule has 0 aliphatic rings. The topological polar surface area (TPSA) is 78.5 Å². The molecule has 0 spiro atoms. The lowest BCUT2D eigenvalue weighted by Gasteiger charge is -2.15. The van der Waals surface area contributed by atoms with Crippen LogP contribution in [0, 0.1) is 0 Å². The van der Waals surface area contributed by atoms with Gasteiger partial charge in [-0.3, -0.25) is 14.4 Å². The third-order valence-electron chi connectivity index (χ3n) is 3.38. The highest BCUT2D eigenvalue weighted by atomic mass is 32.1. The summed E-state index contributed by atoms with van der Waals surface area (Å²) >= 11 is 1.33. The van der Waals surface area contributed by atoms with Crippen molar-refractivity contribution in [2.75, 3.05) is 17.3 Å². The average Bonchev–Trinajstić information content (AvgIpc) is 3.02. The van der Waals surface area contributed by atoms with Gasteiger partial charge in [0.1, 0.15) is 0 Å². The summed E-state index contributed by atoms with van der Waals surface area (Å²) in [6, 6.07) is 10.6. The van der Waals surface area contributed by atoms with Gasteiger partial charge in [-0.25, -0.2) is 0 Å². The Balaban J connectivity index is 1.99. The number of amides is 3. The van der Waals surface area contributed by atoms with Crippen molar-refractivity contribution in [3.8, 4) is 0 Å². The molecular weight excluding hydrogens is 326 g/mol. The van der Waals surface area contributed by atoms with Crippen LogP contribution in [0.25, 0.3) is 0 Å². The molecule has 0 bridgehead atoms. The normalized spacial score (nSPS) is 10.1. The molecule has 0 aliphatic carbocycles.